The third kappa shape index (κ3) is 2.60. The lowest BCUT2D eigenvalue weighted by Gasteiger charge is -2.05. The summed E-state index contributed by atoms with van der Waals surface area (Å²) in [4.78, 5) is 5.44. The lowest BCUT2D eigenvalue weighted by molar-refractivity contribution is 0.995. The van der Waals surface area contributed by atoms with Crippen molar-refractivity contribution >= 4 is 39.0 Å². The fraction of sp³-hybridized carbons (Fsp3) is 0.0667. The van der Waals surface area contributed by atoms with Crippen molar-refractivity contribution in [2.45, 2.75) is 6.04 Å². The number of nitrogens with zero attached hydrogens (tertiary/aromatic N) is 1. The van der Waals surface area contributed by atoms with Crippen molar-refractivity contribution in [3.63, 3.8) is 0 Å². The Morgan fingerprint density at radius 3 is 2.37 bits per heavy atom. The molecule has 94 valence electrons. The maximum absolute atomic E-state index is 5.39. The Bertz CT molecular complexity index is 635. The van der Waals surface area contributed by atoms with E-state index in [1.165, 1.54) is 0 Å². The minimum absolute atomic E-state index is 0.0742. The first-order valence-electron chi connectivity index (χ1n) is 5.93. The zero-order chi connectivity index (χ0) is 13.2. The minimum atomic E-state index is -0.0742. The summed E-state index contributed by atoms with van der Waals surface area (Å²) in [5.74, 6) is 0.839. The molecule has 1 atom stereocenters. The van der Waals surface area contributed by atoms with Crippen molar-refractivity contribution in [1.82, 2.24) is 5.32 Å². The van der Waals surface area contributed by atoms with Gasteiger partial charge in [0, 0.05) is 10.0 Å². The van der Waals surface area contributed by atoms with E-state index in [4.69, 9.17) is 12.2 Å². The van der Waals surface area contributed by atoms with E-state index in [2.05, 4.69) is 26.2 Å². The second-order valence-electron chi connectivity index (χ2n) is 4.29. The van der Waals surface area contributed by atoms with Gasteiger partial charge >= 0.3 is 0 Å². The molecule has 0 spiro atoms. The first-order valence-corrected chi connectivity index (χ1v) is 7.14. The number of aliphatic imine (C=N–C) groups is 1. The number of nitrogens with one attached hydrogen (secondary N) is 1. The third-order valence-corrected chi connectivity index (χ3v) is 3.84. The molecule has 1 aliphatic rings. The fourth-order valence-corrected chi connectivity index (χ4v) is 2.57. The van der Waals surface area contributed by atoms with Crippen LogP contribution in [-0.4, -0.2) is 10.8 Å². The Labute approximate surface area is 125 Å². The van der Waals surface area contributed by atoms with E-state index in [1.54, 1.807) is 0 Å². The Morgan fingerprint density at radius 2 is 1.68 bits per heavy atom. The second kappa shape index (κ2) is 5.23. The monoisotopic (exact) mass is 330 g/mol. The largest absolute Gasteiger partial charge is 0.332 e. The van der Waals surface area contributed by atoms with E-state index >= 15 is 0 Å². The highest BCUT2D eigenvalue weighted by atomic mass is 79.9. The second-order valence-corrected chi connectivity index (χ2v) is 5.64. The van der Waals surface area contributed by atoms with Gasteiger partial charge in [0.25, 0.3) is 0 Å². The van der Waals surface area contributed by atoms with Gasteiger partial charge in [0.05, 0.1) is 0 Å². The Balaban J connectivity index is 1.93. The molecule has 0 aliphatic carbocycles. The standard InChI is InChI=1S/C15H11BrN2S/c16-12-8-6-11(7-9-12)14-17-13(15(19)18-14)10-4-2-1-3-5-10/h1-9,13H,(H,17,18,19). The van der Waals surface area contributed by atoms with Crippen LogP contribution in [0.1, 0.15) is 17.2 Å². The summed E-state index contributed by atoms with van der Waals surface area (Å²) < 4.78 is 1.05. The van der Waals surface area contributed by atoms with E-state index in [1.807, 2.05) is 54.6 Å². The molecule has 0 amide bonds. The summed E-state index contributed by atoms with van der Waals surface area (Å²) in [5, 5.41) is 3.20. The van der Waals surface area contributed by atoms with Crippen LogP contribution in [-0.2, 0) is 0 Å². The lowest BCUT2D eigenvalue weighted by atomic mass is 10.1. The molecule has 0 bridgehead atoms. The first-order chi connectivity index (χ1) is 9.24. The molecule has 1 heterocycles. The molecule has 4 heteroatoms. The van der Waals surface area contributed by atoms with Crippen LogP contribution in [0.3, 0.4) is 0 Å². The number of amidine groups is 1. The topological polar surface area (TPSA) is 24.4 Å². The van der Waals surface area contributed by atoms with E-state index in [9.17, 15) is 0 Å². The summed E-state index contributed by atoms with van der Waals surface area (Å²) in [6.07, 6.45) is 0. The Morgan fingerprint density at radius 1 is 1.00 bits per heavy atom. The van der Waals surface area contributed by atoms with Gasteiger partial charge in [-0.2, -0.15) is 0 Å². The smallest absolute Gasteiger partial charge is 0.134 e. The zero-order valence-corrected chi connectivity index (χ0v) is 12.4. The van der Waals surface area contributed by atoms with Crippen LogP contribution in [0.15, 0.2) is 64.1 Å². The minimum Gasteiger partial charge on any atom is -0.332 e. The maximum atomic E-state index is 5.39. The molecule has 1 N–H and O–H groups in total. The van der Waals surface area contributed by atoms with Gasteiger partial charge in [0.2, 0.25) is 0 Å². The highest BCUT2D eigenvalue weighted by molar-refractivity contribution is 9.10. The van der Waals surface area contributed by atoms with Crippen molar-refractivity contribution in [2.24, 2.45) is 4.99 Å². The third-order valence-electron chi connectivity index (χ3n) is 2.98. The van der Waals surface area contributed by atoms with Crippen LogP contribution in [0, 0.1) is 0 Å². The summed E-state index contributed by atoms with van der Waals surface area (Å²) in [5.41, 5.74) is 2.16. The van der Waals surface area contributed by atoms with Crippen LogP contribution in [0.25, 0.3) is 0 Å². The molecular formula is C15H11BrN2S. The molecule has 2 aromatic rings. The molecule has 0 fully saturated rings. The Hall–Kier alpha value is -1.52. The average molecular weight is 331 g/mol. The van der Waals surface area contributed by atoms with Crippen LogP contribution in [0.5, 0.6) is 0 Å². The highest BCUT2D eigenvalue weighted by Gasteiger charge is 2.24. The molecule has 19 heavy (non-hydrogen) atoms. The number of benzene rings is 2. The SMILES string of the molecule is S=C1NC(c2ccc(Br)cc2)=NC1c1ccccc1. The van der Waals surface area contributed by atoms with Gasteiger partial charge in [-0.25, -0.2) is 0 Å². The number of thiocarbonyl (C=S) groups is 1. The number of halogens is 1. The highest BCUT2D eigenvalue weighted by Crippen LogP contribution is 2.24. The molecule has 0 radical (unpaired) electrons. The van der Waals surface area contributed by atoms with Crippen molar-refractivity contribution in [1.29, 1.82) is 0 Å². The maximum Gasteiger partial charge on any atom is 0.134 e. The molecule has 2 aromatic carbocycles. The fourth-order valence-electron chi connectivity index (χ4n) is 2.02. The molecule has 1 aliphatic heterocycles. The predicted octanol–water partition coefficient (Wildman–Crippen LogP) is 3.87. The van der Waals surface area contributed by atoms with Crippen molar-refractivity contribution in [3.8, 4) is 0 Å². The summed E-state index contributed by atoms with van der Waals surface area (Å²) >= 11 is 8.82. The van der Waals surface area contributed by atoms with Gasteiger partial charge in [-0.3, -0.25) is 4.99 Å². The lowest BCUT2D eigenvalue weighted by Crippen LogP contribution is -2.24. The molecule has 2 nitrogen and oxygen atoms in total. The van der Waals surface area contributed by atoms with Gasteiger partial charge < -0.3 is 5.32 Å². The van der Waals surface area contributed by atoms with E-state index in [0.717, 1.165) is 26.4 Å². The molecule has 3 rings (SSSR count). The number of hydrogen-bond acceptors (Lipinski definition) is 2. The van der Waals surface area contributed by atoms with Crippen LogP contribution < -0.4 is 5.32 Å². The van der Waals surface area contributed by atoms with E-state index in [0.29, 0.717) is 0 Å². The van der Waals surface area contributed by atoms with Crippen LogP contribution in [0.4, 0.5) is 0 Å². The van der Waals surface area contributed by atoms with Crippen molar-refractivity contribution in [2.75, 3.05) is 0 Å². The van der Waals surface area contributed by atoms with E-state index < -0.39 is 0 Å². The molecular weight excluding hydrogens is 320 g/mol. The molecule has 0 saturated heterocycles. The first kappa shape index (κ1) is 12.5. The molecule has 1 unspecified atom stereocenters. The van der Waals surface area contributed by atoms with Gasteiger partial charge in [-0.05, 0) is 17.7 Å². The Kier molecular flexibility index (Phi) is 3.44. The van der Waals surface area contributed by atoms with Gasteiger partial charge in [0.15, 0.2) is 0 Å². The summed E-state index contributed by atoms with van der Waals surface area (Å²) in [7, 11) is 0. The summed E-state index contributed by atoms with van der Waals surface area (Å²) in [6.45, 7) is 0. The molecule has 0 saturated carbocycles. The zero-order valence-electron chi connectivity index (χ0n) is 10.0. The molecule has 0 aromatic heterocycles. The van der Waals surface area contributed by atoms with Crippen LogP contribution >= 0.6 is 28.1 Å². The van der Waals surface area contributed by atoms with Gasteiger partial charge in [0.1, 0.15) is 16.9 Å². The average Bonchev–Trinajstić information content (AvgIpc) is 2.83. The van der Waals surface area contributed by atoms with Crippen molar-refractivity contribution in [3.05, 3.63) is 70.2 Å². The number of rotatable bonds is 2. The van der Waals surface area contributed by atoms with Crippen molar-refractivity contribution < 1.29 is 0 Å². The number of hydrogen-bond donors (Lipinski definition) is 1. The van der Waals surface area contributed by atoms with Gasteiger partial charge in [-0.15, -0.1) is 0 Å². The van der Waals surface area contributed by atoms with E-state index in [-0.39, 0.29) is 6.04 Å². The quantitative estimate of drug-likeness (QED) is 0.845. The summed E-state index contributed by atoms with van der Waals surface area (Å²) in [6, 6.07) is 18.1. The predicted molar refractivity (Wildman–Crippen MR) is 85.6 cm³/mol. The normalized spacial score (nSPS) is 18.1. The van der Waals surface area contributed by atoms with Gasteiger partial charge in [-0.1, -0.05) is 70.6 Å². The van der Waals surface area contributed by atoms with Crippen LogP contribution in [0.2, 0.25) is 0 Å².